The van der Waals surface area contributed by atoms with Crippen LogP contribution < -0.4 is 5.32 Å². The number of hydrogen-bond acceptors (Lipinski definition) is 2. The Morgan fingerprint density at radius 3 is 2.55 bits per heavy atom. The molecule has 0 spiro atoms. The van der Waals surface area contributed by atoms with Gasteiger partial charge in [-0.2, -0.15) is 0 Å². The van der Waals surface area contributed by atoms with Gasteiger partial charge in [0.05, 0.1) is 0 Å². The van der Waals surface area contributed by atoms with Gasteiger partial charge in [-0.25, -0.2) is 0 Å². The fourth-order valence-corrected chi connectivity index (χ4v) is 0.674. The van der Waals surface area contributed by atoms with Crippen LogP contribution in [-0.4, -0.2) is 20.3 Å². The van der Waals surface area contributed by atoms with Crippen molar-refractivity contribution in [2.45, 2.75) is 13.3 Å². The number of rotatable bonds is 4. The summed E-state index contributed by atoms with van der Waals surface area (Å²) < 4.78 is 2.96. The van der Waals surface area contributed by atoms with Gasteiger partial charge in [-0.1, -0.05) is 0 Å². The van der Waals surface area contributed by atoms with E-state index in [0.29, 0.717) is 0 Å². The summed E-state index contributed by atoms with van der Waals surface area (Å²) in [6.45, 7) is 8.37. The van der Waals surface area contributed by atoms with Crippen LogP contribution in [-0.2, 0) is 38.7 Å². The van der Waals surface area contributed by atoms with Gasteiger partial charge in [-0.05, 0) is 0 Å². The molecule has 0 aliphatic carbocycles. The third-order valence-corrected chi connectivity index (χ3v) is 1.71. The van der Waals surface area contributed by atoms with Crippen LogP contribution in [0.2, 0.25) is 0 Å². The quantitative estimate of drug-likeness (QED) is 0.550. The van der Waals surface area contributed by atoms with Crippen molar-refractivity contribution < 1.29 is 43.8 Å². The topological polar surface area (TPSA) is 32.3 Å². The monoisotopic (exact) mass is 493 g/mol. The molecule has 0 aromatic carbocycles. The molecule has 0 rings (SSSR count). The second kappa shape index (κ2) is 13.4. The van der Waals surface area contributed by atoms with E-state index >= 15 is 0 Å². The van der Waals surface area contributed by atoms with Crippen molar-refractivity contribution in [2.24, 2.45) is 0 Å². The van der Waals surface area contributed by atoms with Crippen molar-refractivity contribution >= 4 is 8.61 Å². The molecule has 0 heterocycles. The first-order valence-corrected chi connectivity index (χ1v) is 6.00. The fourth-order valence-electron chi connectivity index (χ4n) is 0.307. The molecule has 0 fully saturated rings. The fraction of sp³-hybridized carbons (Fsp3) is 0.429. The molecule has 0 aromatic rings. The Kier molecular flexibility index (Phi) is 17.4. The molecule has 0 saturated heterocycles. The SMILES string of the molecule is O[C-]=[W].[CH-]=C[C](=[W])NCCC. The Labute approximate surface area is 89.9 Å². The molecule has 2 N–H and O–H groups in total. The predicted octanol–water partition coefficient (Wildman–Crippen LogP) is 0.194. The predicted molar refractivity (Wildman–Crippen MR) is 39.1 cm³/mol. The summed E-state index contributed by atoms with van der Waals surface area (Å²) in [5.74, 6) is 0. The molecule has 0 aliphatic rings. The second-order valence-electron chi connectivity index (χ2n) is 1.55. The zero-order valence-corrected chi connectivity index (χ0v) is 12.2. The van der Waals surface area contributed by atoms with Gasteiger partial charge in [-0.15, -0.1) is 0 Å². The van der Waals surface area contributed by atoms with E-state index in [1.54, 1.807) is 6.08 Å². The molecule has 2 nitrogen and oxygen atoms in total. The van der Waals surface area contributed by atoms with Crippen LogP contribution >= 0.6 is 0 Å². The van der Waals surface area contributed by atoms with E-state index in [2.05, 4.69) is 12.2 Å². The van der Waals surface area contributed by atoms with Crippen molar-refractivity contribution in [2.75, 3.05) is 6.54 Å². The standard InChI is InChI=1S/C6H10N.CHO.2W/c1-3-5-7-6-4-2;1-2;;/h1,3,7H,4,6H2,2H3;2H;;/q2*-1;;. The maximum atomic E-state index is 7.36. The number of nitrogens with one attached hydrogen (secondary N) is 1. The van der Waals surface area contributed by atoms with Gasteiger partial charge in [0.2, 0.25) is 0 Å². The minimum absolute atomic E-state index is 0.977. The summed E-state index contributed by atoms with van der Waals surface area (Å²) in [7, 11) is 0. The van der Waals surface area contributed by atoms with Gasteiger partial charge in [0.25, 0.3) is 0 Å². The molecule has 0 saturated carbocycles. The zero-order valence-electron chi connectivity index (χ0n) is 6.33. The molecule has 0 atom stereocenters. The molecule has 0 bridgehead atoms. The minimum atomic E-state index is 0.977. The molecule has 0 radical (unpaired) electrons. The molecule has 0 amide bonds. The van der Waals surface area contributed by atoms with E-state index in [0.717, 1.165) is 36.3 Å². The summed E-state index contributed by atoms with van der Waals surface area (Å²) in [5.41, 5.74) is 0. The van der Waals surface area contributed by atoms with Crippen molar-refractivity contribution in [3.63, 3.8) is 0 Å². The van der Waals surface area contributed by atoms with E-state index in [1.165, 1.54) is 19.4 Å². The summed E-state index contributed by atoms with van der Waals surface area (Å²) in [4.78, 5) is 0. The third-order valence-electron chi connectivity index (χ3n) is 0.701. The van der Waals surface area contributed by atoms with Crippen LogP contribution in [0.3, 0.4) is 0 Å². The molecule has 0 aromatic heterocycles. The summed E-state index contributed by atoms with van der Waals surface area (Å²) in [6.07, 6.45) is 2.77. The summed E-state index contributed by atoms with van der Waals surface area (Å²) in [6, 6.07) is 0. The normalized spacial score (nSPS) is 7.45. The Balaban J connectivity index is 0. The average Bonchev–Trinajstić information content (AvgIpc) is 2.02. The Morgan fingerprint density at radius 2 is 2.27 bits per heavy atom. The van der Waals surface area contributed by atoms with Crippen LogP contribution in [0, 0.1) is 6.58 Å². The van der Waals surface area contributed by atoms with Gasteiger partial charge in [0.15, 0.2) is 0 Å². The van der Waals surface area contributed by atoms with Crippen LogP contribution in [0.1, 0.15) is 13.3 Å². The zero-order chi connectivity index (χ0) is 9.11. The molecule has 4 heteroatoms. The molecule has 11 heavy (non-hydrogen) atoms. The van der Waals surface area contributed by atoms with Gasteiger partial charge in [-0.3, -0.25) is 0 Å². The van der Waals surface area contributed by atoms with Gasteiger partial charge in [0.1, 0.15) is 0 Å². The van der Waals surface area contributed by atoms with Crippen LogP contribution in [0.15, 0.2) is 6.08 Å². The van der Waals surface area contributed by atoms with Gasteiger partial charge in [0, 0.05) is 0 Å². The molecule has 0 aliphatic heterocycles. The number of aliphatic hydroxyl groups is 1. The number of hydrogen-bond donors (Lipinski definition) is 2. The Bertz CT molecular complexity index is 126. The first-order valence-electron chi connectivity index (χ1n) is 3.06. The summed E-state index contributed by atoms with van der Waals surface area (Å²) in [5, 5.41) is 10.5. The number of aliphatic hydroxyl groups excluding tert-OH is 1. The van der Waals surface area contributed by atoms with Gasteiger partial charge >= 0.3 is 90.3 Å². The maximum absolute atomic E-state index is 7.36. The first kappa shape index (κ1) is 14.3. The molecule has 64 valence electrons. The molecular formula is C7H11NOW2-2. The van der Waals surface area contributed by atoms with Crippen molar-refractivity contribution in [3.05, 3.63) is 12.7 Å². The van der Waals surface area contributed by atoms with E-state index in [-0.39, 0.29) is 0 Å². The second-order valence-corrected chi connectivity index (χ2v) is 3.79. The van der Waals surface area contributed by atoms with Crippen LogP contribution in [0.25, 0.3) is 0 Å². The van der Waals surface area contributed by atoms with E-state index in [4.69, 9.17) is 11.7 Å². The van der Waals surface area contributed by atoms with Crippen molar-refractivity contribution in [3.8, 4) is 0 Å². The van der Waals surface area contributed by atoms with Crippen LogP contribution in [0.4, 0.5) is 0 Å². The van der Waals surface area contributed by atoms with E-state index in [9.17, 15) is 0 Å². The molecular weight excluding hydrogens is 482 g/mol. The van der Waals surface area contributed by atoms with Crippen molar-refractivity contribution in [1.29, 1.82) is 0 Å². The first-order chi connectivity index (χ1) is 5.22. The Hall–Kier alpha value is 0.777. The van der Waals surface area contributed by atoms with E-state index < -0.39 is 0 Å². The van der Waals surface area contributed by atoms with Crippen LogP contribution in [0.5, 0.6) is 0 Å². The van der Waals surface area contributed by atoms with Gasteiger partial charge < -0.3 is 0 Å². The Morgan fingerprint density at radius 1 is 1.82 bits per heavy atom. The average molecular weight is 493 g/mol. The van der Waals surface area contributed by atoms with E-state index in [1.807, 2.05) is 4.59 Å². The summed E-state index contributed by atoms with van der Waals surface area (Å²) >= 11 is 2.38. The van der Waals surface area contributed by atoms with Crippen molar-refractivity contribution in [1.82, 2.24) is 5.32 Å². The molecule has 0 unspecified atom stereocenters. The third kappa shape index (κ3) is 18.1.